The molecule has 1 unspecified atom stereocenters. The molecule has 0 radical (unpaired) electrons. The molecule has 0 spiro atoms. The van der Waals surface area contributed by atoms with Crippen LogP contribution in [0.2, 0.25) is 5.02 Å². The van der Waals surface area contributed by atoms with Gasteiger partial charge in [-0.05, 0) is 43.4 Å². The molecule has 1 heterocycles. The first kappa shape index (κ1) is 18.6. The fourth-order valence-corrected chi connectivity index (χ4v) is 5.69. The Bertz CT molecular complexity index is 845. The molecule has 136 valence electrons. The SMILES string of the molecule is Cc1c(Cl)cccc1S(=O)(=O)Nc1nc(CC(O)C2CCCC2)cs1. The Hall–Kier alpha value is -1.15. The van der Waals surface area contributed by atoms with Gasteiger partial charge in [0.15, 0.2) is 5.13 Å². The van der Waals surface area contributed by atoms with Crippen molar-refractivity contribution in [1.29, 1.82) is 0 Å². The first-order chi connectivity index (χ1) is 11.9. The third kappa shape index (κ3) is 4.34. The molecule has 0 bridgehead atoms. The highest BCUT2D eigenvalue weighted by Gasteiger charge is 2.25. The Labute approximate surface area is 157 Å². The first-order valence-electron chi connectivity index (χ1n) is 8.27. The van der Waals surface area contributed by atoms with Crippen LogP contribution in [0.3, 0.4) is 0 Å². The Morgan fingerprint density at radius 1 is 1.40 bits per heavy atom. The maximum absolute atomic E-state index is 12.6. The molecule has 0 aliphatic heterocycles. The molecule has 1 saturated carbocycles. The maximum atomic E-state index is 12.6. The minimum atomic E-state index is -3.75. The molecular weight excluding hydrogens is 380 g/mol. The van der Waals surface area contributed by atoms with Gasteiger partial charge in [0.2, 0.25) is 0 Å². The van der Waals surface area contributed by atoms with Crippen molar-refractivity contribution in [2.45, 2.75) is 50.0 Å². The van der Waals surface area contributed by atoms with Crippen molar-refractivity contribution < 1.29 is 13.5 Å². The third-order valence-corrected chi connectivity index (χ3v) is 7.47. The molecule has 0 amide bonds. The Kier molecular flexibility index (Phi) is 5.68. The van der Waals surface area contributed by atoms with Crippen molar-refractivity contribution in [3.05, 3.63) is 39.9 Å². The van der Waals surface area contributed by atoms with E-state index < -0.39 is 16.1 Å². The summed E-state index contributed by atoms with van der Waals surface area (Å²) in [4.78, 5) is 4.46. The van der Waals surface area contributed by atoms with Gasteiger partial charge in [0, 0.05) is 16.8 Å². The third-order valence-electron chi connectivity index (χ3n) is 4.64. The number of halogens is 1. The van der Waals surface area contributed by atoms with Crippen LogP contribution in [-0.2, 0) is 16.4 Å². The van der Waals surface area contributed by atoms with Crippen molar-refractivity contribution in [2.24, 2.45) is 5.92 Å². The van der Waals surface area contributed by atoms with E-state index in [2.05, 4.69) is 9.71 Å². The highest BCUT2D eigenvalue weighted by atomic mass is 35.5. The molecule has 1 aliphatic rings. The second kappa shape index (κ2) is 7.61. The van der Waals surface area contributed by atoms with E-state index in [0.717, 1.165) is 12.8 Å². The van der Waals surface area contributed by atoms with Crippen LogP contribution >= 0.6 is 22.9 Å². The molecule has 2 aromatic rings. The van der Waals surface area contributed by atoms with Crippen LogP contribution < -0.4 is 4.72 Å². The second-order valence-electron chi connectivity index (χ2n) is 6.43. The lowest BCUT2D eigenvalue weighted by Crippen LogP contribution is -2.20. The van der Waals surface area contributed by atoms with Gasteiger partial charge >= 0.3 is 0 Å². The average Bonchev–Trinajstić information content (AvgIpc) is 3.21. The fourth-order valence-electron chi connectivity index (χ4n) is 3.22. The number of aromatic nitrogens is 1. The molecule has 1 aromatic heterocycles. The molecule has 25 heavy (non-hydrogen) atoms. The van der Waals surface area contributed by atoms with Gasteiger partial charge in [0.1, 0.15) is 0 Å². The summed E-state index contributed by atoms with van der Waals surface area (Å²) in [6.07, 6.45) is 4.49. The van der Waals surface area contributed by atoms with Gasteiger partial charge in [-0.1, -0.05) is 30.5 Å². The molecule has 2 N–H and O–H groups in total. The summed E-state index contributed by atoms with van der Waals surface area (Å²) in [5, 5.41) is 12.8. The number of benzene rings is 1. The van der Waals surface area contributed by atoms with Gasteiger partial charge in [-0.25, -0.2) is 13.4 Å². The van der Waals surface area contributed by atoms with Gasteiger partial charge in [-0.15, -0.1) is 11.3 Å². The average molecular weight is 401 g/mol. The second-order valence-corrected chi connectivity index (χ2v) is 9.34. The summed E-state index contributed by atoms with van der Waals surface area (Å²) in [7, 11) is -3.75. The highest BCUT2D eigenvalue weighted by molar-refractivity contribution is 7.93. The zero-order chi connectivity index (χ0) is 18.0. The van der Waals surface area contributed by atoms with E-state index in [0.29, 0.717) is 33.8 Å². The van der Waals surface area contributed by atoms with Crippen LogP contribution in [0.25, 0.3) is 0 Å². The zero-order valence-electron chi connectivity index (χ0n) is 13.9. The van der Waals surface area contributed by atoms with Gasteiger partial charge in [0.05, 0.1) is 16.7 Å². The summed E-state index contributed by atoms with van der Waals surface area (Å²) < 4.78 is 27.6. The number of hydrogen-bond acceptors (Lipinski definition) is 5. The van der Waals surface area contributed by atoms with Crippen LogP contribution in [0, 0.1) is 12.8 Å². The van der Waals surface area contributed by atoms with Crippen molar-refractivity contribution in [3.63, 3.8) is 0 Å². The normalized spacial score (nSPS) is 16.9. The number of aliphatic hydroxyl groups is 1. The van der Waals surface area contributed by atoms with E-state index in [1.807, 2.05) is 0 Å². The molecule has 1 atom stereocenters. The van der Waals surface area contributed by atoms with E-state index in [1.54, 1.807) is 24.4 Å². The minimum absolute atomic E-state index is 0.141. The summed E-state index contributed by atoms with van der Waals surface area (Å²) in [6, 6.07) is 4.78. The summed E-state index contributed by atoms with van der Waals surface area (Å²) >= 11 is 7.23. The predicted molar refractivity (Wildman–Crippen MR) is 101 cm³/mol. The first-order valence-corrected chi connectivity index (χ1v) is 11.0. The number of rotatable bonds is 6. The van der Waals surface area contributed by atoms with Gasteiger partial charge < -0.3 is 5.11 Å². The Balaban J connectivity index is 1.71. The maximum Gasteiger partial charge on any atom is 0.263 e. The standard InChI is InChI=1S/C17H21ClN2O3S2/c1-11-14(18)7-4-8-16(11)25(22,23)20-17-19-13(10-24-17)9-15(21)12-5-2-3-6-12/h4,7-8,10,12,15,21H,2-3,5-6,9H2,1H3,(H,19,20). The molecular formula is C17H21ClN2O3S2. The van der Waals surface area contributed by atoms with Gasteiger partial charge in [0.25, 0.3) is 10.0 Å². The van der Waals surface area contributed by atoms with Crippen LogP contribution in [0.5, 0.6) is 0 Å². The lowest BCUT2D eigenvalue weighted by atomic mass is 9.97. The highest BCUT2D eigenvalue weighted by Crippen LogP contribution is 2.30. The van der Waals surface area contributed by atoms with E-state index in [9.17, 15) is 13.5 Å². The monoisotopic (exact) mass is 400 g/mol. The van der Waals surface area contributed by atoms with E-state index in [4.69, 9.17) is 11.6 Å². The van der Waals surface area contributed by atoms with Crippen LogP contribution in [0.15, 0.2) is 28.5 Å². The molecule has 0 saturated heterocycles. The van der Waals surface area contributed by atoms with Crippen LogP contribution in [0.4, 0.5) is 5.13 Å². The lowest BCUT2D eigenvalue weighted by molar-refractivity contribution is 0.110. The lowest BCUT2D eigenvalue weighted by Gasteiger charge is -2.16. The molecule has 8 heteroatoms. The minimum Gasteiger partial charge on any atom is -0.392 e. The van der Waals surface area contributed by atoms with E-state index in [1.165, 1.54) is 30.2 Å². The van der Waals surface area contributed by atoms with E-state index in [-0.39, 0.29) is 4.90 Å². The largest absolute Gasteiger partial charge is 0.392 e. The van der Waals surface area contributed by atoms with Crippen LogP contribution in [-0.4, -0.2) is 24.6 Å². The summed E-state index contributed by atoms with van der Waals surface area (Å²) in [5.74, 6) is 0.330. The van der Waals surface area contributed by atoms with Crippen molar-refractivity contribution in [3.8, 4) is 0 Å². The van der Waals surface area contributed by atoms with Gasteiger partial charge in [-0.2, -0.15) is 0 Å². The zero-order valence-corrected chi connectivity index (χ0v) is 16.3. The smallest absolute Gasteiger partial charge is 0.263 e. The van der Waals surface area contributed by atoms with Crippen molar-refractivity contribution in [1.82, 2.24) is 4.98 Å². The number of thiazole rings is 1. The molecule has 3 rings (SSSR count). The molecule has 5 nitrogen and oxygen atoms in total. The van der Waals surface area contributed by atoms with E-state index >= 15 is 0 Å². The number of aliphatic hydroxyl groups excluding tert-OH is 1. The number of nitrogens with one attached hydrogen (secondary N) is 1. The molecule has 1 aromatic carbocycles. The van der Waals surface area contributed by atoms with Crippen molar-refractivity contribution in [2.75, 3.05) is 4.72 Å². The number of anilines is 1. The number of hydrogen-bond donors (Lipinski definition) is 2. The number of sulfonamides is 1. The molecule has 1 fully saturated rings. The Morgan fingerprint density at radius 2 is 2.12 bits per heavy atom. The topological polar surface area (TPSA) is 79.3 Å². The summed E-state index contributed by atoms with van der Waals surface area (Å²) in [5.41, 5.74) is 1.22. The van der Waals surface area contributed by atoms with Crippen molar-refractivity contribution >= 4 is 38.1 Å². The quantitative estimate of drug-likeness (QED) is 0.768. The molecule has 1 aliphatic carbocycles. The Morgan fingerprint density at radius 3 is 2.84 bits per heavy atom. The van der Waals surface area contributed by atoms with Crippen LogP contribution in [0.1, 0.15) is 36.9 Å². The summed E-state index contributed by atoms with van der Waals surface area (Å²) in [6.45, 7) is 1.67. The number of nitrogens with zero attached hydrogens (tertiary/aromatic N) is 1. The fraction of sp³-hybridized carbons (Fsp3) is 0.471. The van der Waals surface area contributed by atoms with Gasteiger partial charge in [-0.3, -0.25) is 4.72 Å². The predicted octanol–water partition coefficient (Wildman–Crippen LogP) is 4.00.